The van der Waals surface area contributed by atoms with Crippen LogP contribution in [0.4, 0.5) is 4.39 Å². The SMILES string of the molecule is CCNC(=NCC(C)Oc1cccc(F)c1)NCCc1nnc2ccccn12. The molecule has 0 saturated carbocycles. The maximum absolute atomic E-state index is 13.2. The average Bonchev–Trinajstić information content (AvgIpc) is 3.09. The van der Waals surface area contributed by atoms with Crippen LogP contribution < -0.4 is 15.4 Å². The number of hydrogen-bond acceptors (Lipinski definition) is 4. The number of aliphatic imine (C=N–C) groups is 1. The number of fused-ring (bicyclic) bond motifs is 1. The van der Waals surface area contributed by atoms with Crippen molar-refractivity contribution >= 4 is 11.6 Å². The number of guanidine groups is 1. The fraction of sp³-hybridized carbons (Fsp3) is 0.350. The second-order valence-corrected chi connectivity index (χ2v) is 6.33. The summed E-state index contributed by atoms with van der Waals surface area (Å²) in [7, 11) is 0. The summed E-state index contributed by atoms with van der Waals surface area (Å²) in [6, 6.07) is 11.9. The van der Waals surface area contributed by atoms with Crippen molar-refractivity contribution < 1.29 is 9.13 Å². The van der Waals surface area contributed by atoms with Gasteiger partial charge in [-0.1, -0.05) is 12.1 Å². The highest BCUT2D eigenvalue weighted by Gasteiger charge is 2.07. The van der Waals surface area contributed by atoms with E-state index >= 15 is 0 Å². The van der Waals surface area contributed by atoms with Crippen LogP contribution in [0.1, 0.15) is 19.7 Å². The highest BCUT2D eigenvalue weighted by Crippen LogP contribution is 2.13. The van der Waals surface area contributed by atoms with Gasteiger partial charge in [0.15, 0.2) is 11.6 Å². The minimum atomic E-state index is -0.316. The lowest BCUT2D eigenvalue weighted by Crippen LogP contribution is -2.39. The number of hydrogen-bond donors (Lipinski definition) is 2. The third-order valence-electron chi connectivity index (χ3n) is 4.01. The lowest BCUT2D eigenvalue weighted by atomic mass is 10.3. The summed E-state index contributed by atoms with van der Waals surface area (Å²) in [5.74, 6) is 1.77. The minimum absolute atomic E-state index is 0.183. The molecule has 0 aliphatic rings. The molecular weight excluding hydrogens is 359 g/mol. The van der Waals surface area contributed by atoms with Crippen LogP contribution in [0.2, 0.25) is 0 Å². The quantitative estimate of drug-likeness (QED) is 0.461. The van der Waals surface area contributed by atoms with E-state index in [1.54, 1.807) is 12.1 Å². The number of rotatable bonds is 8. The maximum Gasteiger partial charge on any atom is 0.191 e. The normalized spacial score (nSPS) is 12.8. The summed E-state index contributed by atoms with van der Waals surface area (Å²) in [4.78, 5) is 4.55. The molecule has 0 saturated heterocycles. The van der Waals surface area contributed by atoms with Crippen LogP contribution in [-0.4, -0.2) is 46.3 Å². The van der Waals surface area contributed by atoms with E-state index in [-0.39, 0.29) is 11.9 Å². The molecule has 7 nitrogen and oxygen atoms in total. The number of benzene rings is 1. The first-order valence-electron chi connectivity index (χ1n) is 9.38. The zero-order chi connectivity index (χ0) is 19.8. The summed E-state index contributed by atoms with van der Waals surface area (Å²) in [6.07, 6.45) is 2.48. The van der Waals surface area contributed by atoms with Crippen LogP contribution in [0.25, 0.3) is 5.65 Å². The number of nitrogens with zero attached hydrogens (tertiary/aromatic N) is 4. The topological polar surface area (TPSA) is 75.8 Å². The summed E-state index contributed by atoms with van der Waals surface area (Å²) in [5, 5.41) is 14.9. The van der Waals surface area contributed by atoms with Gasteiger partial charge in [0, 0.05) is 31.8 Å². The van der Waals surface area contributed by atoms with Crippen molar-refractivity contribution in [3.8, 4) is 5.75 Å². The zero-order valence-corrected chi connectivity index (χ0v) is 16.1. The Kier molecular flexibility index (Phi) is 6.78. The summed E-state index contributed by atoms with van der Waals surface area (Å²) >= 11 is 0. The standard InChI is InChI=1S/C20H25FN6O/c1-3-22-20(24-14-15(2)28-17-8-6-7-16(21)13-17)23-11-10-19-26-25-18-9-4-5-12-27(18)19/h4-9,12-13,15H,3,10-11,14H2,1-2H3,(H2,22,23,24). The van der Waals surface area contributed by atoms with Gasteiger partial charge in [-0.25, -0.2) is 9.38 Å². The molecular formula is C20H25FN6O. The van der Waals surface area contributed by atoms with Gasteiger partial charge in [-0.05, 0) is 38.1 Å². The smallest absolute Gasteiger partial charge is 0.191 e. The molecule has 8 heteroatoms. The first-order valence-corrected chi connectivity index (χ1v) is 9.38. The molecule has 3 rings (SSSR count). The predicted octanol–water partition coefficient (Wildman–Crippen LogP) is 2.43. The monoisotopic (exact) mass is 384 g/mol. The van der Waals surface area contributed by atoms with Crippen molar-refractivity contribution in [3.63, 3.8) is 0 Å². The average molecular weight is 384 g/mol. The lowest BCUT2D eigenvalue weighted by molar-refractivity contribution is 0.229. The van der Waals surface area contributed by atoms with Gasteiger partial charge in [-0.3, -0.25) is 4.40 Å². The van der Waals surface area contributed by atoms with Crippen molar-refractivity contribution in [2.45, 2.75) is 26.4 Å². The third-order valence-corrected chi connectivity index (χ3v) is 4.01. The molecule has 28 heavy (non-hydrogen) atoms. The van der Waals surface area contributed by atoms with Gasteiger partial charge in [-0.15, -0.1) is 10.2 Å². The van der Waals surface area contributed by atoms with Gasteiger partial charge in [0.05, 0.1) is 6.54 Å². The van der Waals surface area contributed by atoms with E-state index in [1.165, 1.54) is 12.1 Å². The van der Waals surface area contributed by atoms with Gasteiger partial charge in [0.25, 0.3) is 0 Å². The first-order chi connectivity index (χ1) is 13.7. The molecule has 2 N–H and O–H groups in total. The number of pyridine rings is 1. The van der Waals surface area contributed by atoms with Crippen LogP contribution in [0.15, 0.2) is 53.7 Å². The van der Waals surface area contributed by atoms with Crippen molar-refractivity contribution in [2.75, 3.05) is 19.6 Å². The molecule has 0 bridgehead atoms. The van der Waals surface area contributed by atoms with E-state index in [9.17, 15) is 4.39 Å². The second kappa shape index (κ2) is 9.68. The molecule has 0 spiro atoms. The molecule has 0 fully saturated rings. The van der Waals surface area contributed by atoms with Gasteiger partial charge in [0.1, 0.15) is 23.5 Å². The Balaban J connectivity index is 1.52. The van der Waals surface area contributed by atoms with Gasteiger partial charge < -0.3 is 15.4 Å². The Morgan fingerprint density at radius 1 is 1.21 bits per heavy atom. The van der Waals surface area contributed by atoms with Gasteiger partial charge >= 0.3 is 0 Å². The Morgan fingerprint density at radius 2 is 2.11 bits per heavy atom. The van der Waals surface area contributed by atoms with Crippen LogP contribution in [0.5, 0.6) is 5.75 Å². The van der Waals surface area contributed by atoms with Gasteiger partial charge in [-0.2, -0.15) is 0 Å². The fourth-order valence-corrected chi connectivity index (χ4v) is 2.73. The molecule has 148 valence electrons. The summed E-state index contributed by atoms with van der Waals surface area (Å²) in [5.41, 5.74) is 0.835. The Morgan fingerprint density at radius 3 is 2.93 bits per heavy atom. The highest BCUT2D eigenvalue weighted by molar-refractivity contribution is 5.79. The summed E-state index contributed by atoms with van der Waals surface area (Å²) in [6.45, 7) is 5.77. The number of halogens is 1. The third kappa shape index (κ3) is 5.42. The Hall–Kier alpha value is -3.16. The van der Waals surface area contributed by atoms with Crippen LogP contribution >= 0.6 is 0 Å². The molecule has 0 aliphatic heterocycles. The molecule has 2 aromatic heterocycles. The predicted molar refractivity (Wildman–Crippen MR) is 107 cm³/mol. The molecule has 1 aromatic carbocycles. The zero-order valence-electron chi connectivity index (χ0n) is 16.1. The van der Waals surface area contributed by atoms with Crippen molar-refractivity contribution in [2.24, 2.45) is 4.99 Å². The Bertz CT molecular complexity index is 926. The van der Waals surface area contributed by atoms with Crippen molar-refractivity contribution in [3.05, 3.63) is 60.3 Å². The Labute approximate surface area is 163 Å². The van der Waals surface area contributed by atoms with Crippen LogP contribution in [0, 0.1) is 5.82 Å². The van der Waals surface area contributed by atoms with E-state index in [0.717, 1.165) is 18.0 Å². The fourth-order valence-electron chi connectivity index (χ4n) is 2.73. The molecule has 2 heterocycles. The highest BCUT2D eigenvalue weighted by atomic mass is 19.1. The molecule has 0 amide bonds. The maximum atomic E-state index is 13.2. The van der Waals surface area contributed by atoms with E-state index in [2.05, 4.69) is 25.8 Å². The number of ether oxygens (including phenoxy) is 1. The van der Waals surface area contributed by atoms with Crippen molar-refractivity contribution in [1.29, 1.82) is 0 Å². The molecule has 0 radical (unpaired) electrons. The van der Waals surface area contributed by atoms with Crippen LogP contribution in [0.3, 0.4) is 0 Å². The van der Waals surface area contributed by atoms with E-state index < -0.39 is 0 Å². The molecule has 0 aliphatic carbocycles. The lowest BCUT2D eigenvalue weighted by Gasteiger charge is -2.15. The van der Waals surface area contributed by atoms with Gasteiger partial charge in [0.2, 0.25) is 0 Å². The summed E-state index contributed by atoms with van der Waals surface area (Å²) < 4.78 is 20.9. The molecule has 3 aromatic rings. The van der Waals surface area contributed by atoms with Crippen molar-refractivity contribution in [1.82, 2.24) is 25.2 Å². The van der Waals surface area contributed by atoms with E-state index in [4.69, 9.17) is 4.74 Å². The second-order valence-electron chi connectivity index (χ2n) is 6.33. The van der Waals surface area contributed by atoms with Crippen LogP contribution in [-0.2, 0) is 6.42 Å². The van der Waals surface area contributed by atoms with E-state index in [0.29, 0.717) is 31.2 Å². The minimum Gasteiger partial charge on any atom is -0.489 e. The molecule has 1 unspecified atom stereocenters. The first kappa shape index (κ1) is 19.6. The van der Waals surface area contributed by atoms with E-state index in [1.807, 2.05) is 42.6 Å². The number of nitrogens with one attached hydrogen (secondary N) is 2. The molecule has 1 atom stereocenters. The number of aromatic nitrogens is 3. The largest absolute Gasteiger partial charge is 0.489 e.